The number of hydrogen-bond acceptors (Lipinski definition) is 6. The van der Waals surface area contributed by atoms with E-state index in [4.69, 9.17) is 9.15 Å². The molecule has 0 bridgehead atoms. The number of ether oxygens (including phenoxy) is 1. The Hall–Kier alpha value is -3.57. The molecule has 1 N–H and O–H groups in total. The third-order valence-electron chi connectivity index (χ3n) is 4.59. The summed E-state index contributed by atoms with van der Waals surface area (Å²) in [6.07, 6.45) is 8.83. The lowest BCUT2D eigenvalue weighted by molar-refractivity contribution is -0.111. The molecule has 3 aromatic rings. The van der Waals surface area contributed by atoms with Crippen molar-refractivity contribution in [3.05, 3.63) is 70.8 Å². The van der Waals surface area contributed by atoms with Crippen molar-refractivity contribution in [1.82, 2.24) is 4.57 Å². The minimum Gasteiger partial charge on any atom is -0.465 e. The second-order valence-corrected chi connectivity index (χ2v) is 7.60. The molecule has 0 radical (unpaired) electrons. The van der Waals surface area contributed by atoms with Crippen LogP contribution in [0.3, 0.4) is 0 Å². The van der Waals surface area contributed by atoms with Crippen LogP contribution in [0.2, 0.25) is 0 Å². The molecule has 0 fully saturated rings. The molecule has 0 spiro atoms. The zero-order valence-corrected chi connectivity index (χ0v) is 16.1. The summed E-state index contributed by atoms with van der Waals surface area (Å²) in [5.41, 5.74) is 1.41. The van der Waals surface area contributed by atoms with Crippen molar-refractivity contribution in [2.75, 3.05) is 5.32 Å². The van der Waals surface area contributed by atoms with E-state index >= 15 is 0 Å². The highest BCUT2D eigenvalue weighted by molar-refractivity contribution is 7.16. The monoisotopic (exact) mass is 407 g/mol. The van der Waals surface area contributed by atoms with E-state index < -0.39 is 6.09 Å². The number of amides is 1. The first-order chi connectivity index (χ1) is 14.1. The maximum absolute atomic E-state index is 12.2. The molecule has 3 aromatic heterocycles. The first-order valence-electron chi connectivity index (χ1n) is 9.05. The van der Waals surface area contributed by atoms with Crippen LogP contribution in [0, 0.1) is 11.3 Å². The van der Waals surface area contributed by atoms with Crippen LogP contribution >= 0.6 is 11.3 Å². The van der Waals surface area contributed by atoms with Gasteiger partial charge in [-0.3, -0.25) is 9.36 Å². The average molecular weight is 407 g/mol. The third-order valence-corrected chi connectivity index (χ3v) is 5.76. The van der Waals surface area contributed by atoms with E-state index in [1.165, 1.54) is 28.2 Å². The van der Waals surface area contributed by atoms with Crippen LogP contribution in [-0.2, 0) is 22.4 Å². The van der Waals surface area contributed by atoms with Gasteiger partial charge in [0, 0.05) is 29.8 Å². The van der Waals surface area contributed by atoms with Crippen LogP contribution in [0.4, 0.5) is 9.80 Å². The molecule has 4 rings (SSSR count). The first-order valence-corrected chi connectivity index (χ1v) is 9.87. The molecule has 1 aliphatic rings. The number of thiophene rings is 1. The lowest BCUT2D eigenvalue weighted by Crippen LogP contribution is -2.26. The summed E-state index contributed by atoms with van der Waals surface area (Å²) in [7, 11) is 0. The largest absolute Gasteiger partial charge is 0.465 e. The highest BCUT2D eigenvalue weighted by Gasteiger charge is 2.28. The van der Waals surface area contributed by atoms with Crippen LogP contribution in [-0.4, -0.2) is 22.7 Å². The van der Waals surface area contributed by atoms with Crippen LogP contribution in [0.1, 0.15) is 28.2 Å². The van der Waals surface area contributed by atoms with Gasteiger partial charge in [0.15, 0.2) is 0 Å². The molecular formula is C21H17N3O4S. The topological polar surface area (TPSA) is 97.3 Å². The fraction of sp³-hybridized carbons (Fsp3) is 0.190. The molecule has 0 saturated carbocycles. The van der Waals surface area contributed by atoms with Crippen LogP contribution in [0.25, 0.3) is 6.08 Å². The lowest BCUT2D eigenvalue weighted by Gasteiger charge is -2.22. The number of nitriles is 1. The Balaban J connectivity index is 1.45. The van der Waals surface area contributed by atoms with Gasteiger partial charge in [-0.1, -0.05) is 0 Å². The molecule has 0 aromatic carbocycles. The summed E-state index contributed by atoms with van der Waals surface area (Å²) in [4.78, 5) is 25.3. The standard InChI is InChI=1S/C21H17N3O4S/c22-13-17-16-7-5-15(28-21(26)24-9-1-2-10-24)12-18(16)29-20(17)23-19(25)8-6-14-4-3-11-27-14/h1-4,6,8-11,15H,5,7,12H2,(H,23,25). The predicted molar refractivity (Wildman–Crippen MR) is 108 cm³/mol. The summed E-state index contributed by atoms with van der Waals surface area (Å²) in [6, 6.07) is 9.19. The summed E-state index contributed by atoms with van der Waals surface area (Å²) < 4.78 is 12.1. The number of furan rings is 1. The normalized spacial score (nSPS) is 15.6. The summed E-state index contributed by atoms with van der Waals surface area (Å²) in [5, 5.41) is 12.9. The fourth-order valence-corrected chi connectivity index (χ4v) is 4.49. The summed E-state index contributed by atoms with van der Waals surface area (Å²) >= 11 is 1.36. The van der Waals surface area contributed by atoms with Crippen molar-refractivity contribution in [3.63, 3.8) is 0 Å². The number of carbonyl (C=O) groups excluding carboxylic acids is 2. The third kappa shape index (κ3) is 4.15. The van der Waals surface area contributed by atoms with Gasteiger partial charge in [-0.25, -0.2) is 4.79 Å². The minimum atomic E-state index is -0.419. The van der Waals surface area contributed by atoms with E-state index in [0.717, 1.165) is 10.4 Å². The van der Waals surface area contributed by atoms with E-state index in [1.54, 1.807) is 42.7 Å². The Morgan fingerprint density at radius 3 is 2.90 bits per heavy atom. The molecule has 1 unspecified atom stereocenters. The van der Waals surface area contributed by atoms with Crippen molar-refractivity contribution in [2.24, 2.45) is 0 Å². The van der Waals surface area contributed by atoms with Crippen molar-refractivity contribution in [1.29, 1.82) is 5.26 Å². The van der Waals surface area contributed by atoms with Crippen molar-refractivity contribution < 1.29 is 18.7 Å². The van der Waals surface area contributed by atoms with Gasteiger partial charge in [-0.15, -0.1) is 11.3 Å². The van der Waals surface area contributed by atoms with Crippen LogP contribution < -0.4 is 5.32 Å². The number of aromatic nitrogens is 1. The Bertz CT molecular complexity index is 1090. The number of nitrogens with one attached hydrogen (secondary N) is 1. The molecule has 8 heteroatoms. The summed E-state index contributed by atoms with van der Waals surface area (Å²) in [6.45, 7) is 0. The van der Waals surface area contributed by atoms with Gasteiger partial charge in [0.1, 0.15) is 22.9 Å². The SMILES string of the molecule is N#Cc1c(NC(=O)C=Cc2ccco2)sc2c1CCC(OC(=O)n1cccc1)C2. The molecule has 0 saturated heterocycles. The Morgan fingerprint density at radius 1 is 1.34 bits per heavy atom. The maximum Gasteiger partial charge on any atom is 0.418 e. The van der Waals surface area contributed by atoms with Crippen LogP contribution in [0.5, 0.6) is 0 Å². The van der Waals surface area contributed by atoms with Gasteiger partial charge in [0.05, 0.1) is 11.8 Å². The molecule has 1 amide bonds. The average Bonchev–Trinajstić information content (AvgIpc) is 3.46. The van der Waals surface area contributed by atoms with Gasteiger partial charge >= 0.3 is 6.09 Å². The Morgan fingerprint density at radius 2 is 2.17 bits per heavy atom. The molecule has 1 atom stereocenters. The molecular weight excluding hydrogens is 390 g/mol. The second kappa shape index (κ2) is 8.20. The molecule has 29 heavy (non-hydrogen) atoms. The number of fused-ring (bicyclic) bond motifs is 1. The van der Waals surface area contributed by atoms with Crippen molar-refractivity contribution >= 4 is 34.4 Å². The smallest absolute Gasteiger partial charge is 0.418 e. The van der Waals surface area contributed by atoms with E-state index in [-0.39, 0.29) is 12.0 Å². The number of rotatable bonds is 4. The number of nitrogens with zero attached hydrogens (tertiary/aromatic N) is 2. The van der Waals surface area contributed by atoms with Gasteiger partial charge in [0.2, 0.25) is 5.91 Å². The number of hydrogen-bond donors (Lipinski definition) is 1. The highest BCUT2D eigenvalue weighted by atomic mass is 32.1. The van der Waals surface area contributed by atoms with Crippen LogP contribution in [0.15, 0.2) is 53.4 Å². The quantitative estimate of drug-likeness (QED) is 0.654. The molecule has 3 heterocycles. The molecule has 7 nitrogen and oxygen atoms in total. The maximum atomic E-state index is 12.2. The van der Waals surface area contributed by atoms with Gasteiger partial charge < -0.3 is 14.5 Å². The Labute approximate surface area is 170 Å². The highest BCUT2D eigenvalue weighted by Crippen LogP contribution is 2.38. The Kier molecular flexibility index (Phi) is 5.31. The van der Waals surface area contributed by atoms with E-state index in [1.807, 2.05) is 0 Å². The first kappa shape index (κ1) is 18.8. The second-order valence-electron chi connectivity index (χ2n) is 6.50. The predicted octanol–water partition coefficient (Wildman–Crippen LogP) is 4.21. The molecule has 1 aliphatic carbocycles. The number of carbonyl (C=O) groups is 2. The lowest BCUT2D eigenvalue weighted by atomic mass is 9.94. The van der Waals surface area contributed by atoms with E-state index in [0.29, 0.717) is 35.6 Å². The molecule has 0 aliphatic heterocycles. The number of anilines is 1. The minimum absolute atomic E-state index is 0.259. The van der Waals surface area contributed by atoms with Crippen molar-refractivity contribution in [2.45, 2.75) is 25.4 Å². The van der Waals surface area contributed by atoms with Gasteiger partial charge in [0.25, 0.3) is 0 Å². The molecule has 146 valence electrons. The van der Waals surface area contributed by atoms with Crippen molar-refractivity contribution in [3.8, 4) is 6.07 Å². The summed E-state index contributed by atoms with van der Waals surface area (Å²) in [5.74, 6) is 0.227. The van der Waals surface area contributed by atoms with Gasteiger partial charge in [-0.05, 0) is 48.7 Å². The van der Waals surface area contributed by atoms with E-state index in [9.17, 15) is 14.9 Å². The van der Waals surface area contributed by atoms with Gasteiger partial charge in [-0.2, -0.15) is 5.26 Å². The van der Waals surface area contributed by atoms with E-state index in [2.05, 4.69) is 11.4 Å². The zero-order chi connectivity index (χ0) is 20.2. The zero-order valence-electron chi connectivity index (χ0n) is 15.3. The fourth-order valence-electron chi connectivity index (χ4n) is 3.22.